The number of fused-ring (bicyclic) bond motifs is 2. The number of rotatable bonds is 2. The summed E-state index contributed by atoms with van der Waals surface area (Å²) in [6.45, 7) is 0.823. The Balaban J connectivity index is 1.55. The molecular weight excluding hydrogens is 312 g/mol. The van der Waals surface area contributed by atoms with E-state index in [2.05, 4.69) is 15.5 Å². The van der Waals surface area contributed by atoms with Gasteiger partial charge in [0.1, 0.15) is 18.4 Å². The van der Waals surface area contributed by atoms with Gasteiger partial charge in [0.2, 0.25) is 0 Å². The molecule has 0 saturated heterocycles. The molecule has 8 nitrogen and oxygen atoms in total. The zero-order chi connectivity index (χ0) is 16.7. The summed E-state index contributed by atoms with van der Waals surface area (Å²) < 4.78 is 11.0. The summed E-state index contributed by atoms with van der Waals surface area (Å²) in [7, 11) is 1.66. The van der Waals surface area contributed by atoms with Crippen LogP contribution >= 0.6 is 0 Å². The molecule has 2 N–H and O–H groups in total. The molecule has 1 aromatic heterocycles. The zero-order valence-corrected chi connectivity index (χ0v) is 13.0. The first-order chi connectivity index (χ1) is 11.6. The van der Waals surface area contributed by atoms with Crippen molar-refractivity contribution in [2.24, 2.45) is 0 Å². The number of para-hydroxylation sites is 2. The molecule has 2 amide bonds. The quantitative estimate of drug-likeness (QED) is 0.841. The van der Waals surface area contributed by atoms with Crippen LogP contribution in [0.2, 0.25) is 0 Å². The van der Waals surface area contributed by atoms with E-state index in [-0.39, 0.29) is 18.2 Å². The lowest BCUT2D eigenvalue weighted by Crippen LogP contribution is -2.49. The summed E-state index contributed by atoms with van der Waals surface area (Å²) >= 11 is 0. The average Bonchev–Trinajstić information content (AvgIpc) is 3.18. The number of hydrogen-bond acceptors (Lipinski definition) is 5. The first-order valence-electron chi connectivity index (χ1n) is 7.59. The van der Waals surface area contributed by atoms with Crippen LogP contribution in [0.25, 0.3) is 0 Å². The van der Waals surface area contributed by atoms with Gasteiger partial charge in [-0.3, -0.25) is 14.7 Å². The van der Waals surface area contributed by atoms with E-state index in [1.54, 1.807) is 19.2 Å². The molecule has 0 saturated carbocycles. The van der Waals surface area contributed by atoms with Gasteiger partial charge in [-0.15, -0.1) is 0 Å². The standard InChI is InChI=1S/C16H16N4O4/c1-20-12-4-2-3-5-13(12)24-8-11(16(20)22)17-15(21)14-9-6-23-7-10(9)18-19-14/h2-5,11H,6-8H2,1H3,(H,17,21)(H,18,19)/t11-/m0/s1. The van der Waals surface area contributed by atoms with E-state index in [0.717, 1.165) is 11.3 Å². The van der Waals surface area contributed by atoms with Crippen molar-refractivity contribution in [3.05, 3.63) is 41.2 Å². The summed E-state index contributed by atoms with van der Waals surface area (Å²) in [5.41, 5.74) is 2.48. The number of likely N-dealkylation sites (N-methyl/N-ethyl adjacent to an activating group) is 1. The van der Waals surface area contributed by atoms with E-state index in [4.69, 9.17) is 9.47 Å². The van der Waals surface area contributed by atoms with Gasteiger partial charge >= 0.3 is 0 Å². The lowest BCUT2D eigenvalue weighted by Gasteiger charge is -2.20. The summed E-state index contributed by atoms with van der Waals surface area (Å²) in [6.07, 6.45) is 0. The van der Waals surface area contributed by atoms with Crippen LogP contribution < -0.4 is 15.0 Å². The number of benzene rings is 1. The Hall–Kier alpha value is -2.87. The van der Waals surface area contributed by atoms with Crippen molar-refractivity contribution in [2.75, 3.05) is 18.6 Å². The van der Waals surface area contributed by atoms with Crippen molar-refractivity contribution in [3.63, 3.8) is 0 Å². The summed E-state index contributed by atoms with van der Waals surface area (Å²) in [5, 5.41) is 9.53. The van der Waals surface area contributed by atoms with Crippen molar-refractivity contribution in [1.29, 1.82) is 0 Å². The molecule has 0 radical (unpaired) electrons. The van der Waals surface area contributed by atoms with Crippen molar-refractivity contribution in [1.82, 2.24) is 15.5 Å². The molecule has 0 spiro atoms. The van der Waals surface area contributed by atoms with Gasteiger partial charge in [0.25, 0.3) is 11.8 Å². The molecule has 0 aliphatic carbocycles. The number of H-pyrrole nitrogens is 1. The smallest absolute Gasteiger partial charge is 0.272 e. The van der Waals surface area contributed by atoms with Gasteiger partial charge in [-0.2, -0.15) is 5.10 Å². The topological polar surface area (TPSA) is 96.6 Å². The fourth-order valence-corrected chi connectivity index (χ4v) is 2.90. The van der Waals surface area contributed by atoms with Gasteiger partial charge in [0.05, 0.1) is 24.6 Å². The molecule has 1 atom stereocenters. The zero-order valence-electron chi connectivity index (χ0n) is 13.0. The third kappa shape index (κ3) is 2.31. The molecule has 24 heavy (non-hydrogen) atoms. The van der Waals surface area contributed by atoms with Crippen molar-refractivity contribution in [2.45, 2.75) is 19.3 Å². The van der Waals surface area contributed by atoms with Crippen LogP contribution in [0.3, 0.4) is 0 Å². The van der Waals surface area contributed by atoms with E-state index in [1.807, 2.05) is 12.1 Å². The van der Waals surface area contributed by atoms with Gasteiger partial charge in [-0.25, -0.2) is 0 Å². The highest BCUT2D eigenvalue weighted by Gasteiger charge is 2.32. The molecule has 0 unspecified atom stereocenters. The average molecular weight is 328 g/mol. The number of aromatic nitrogens is 2. The Kier molecular flexibility index (Phi) is 3.46. The molecule has 1 aromatic carbocycles. The number of hydrogen-bond donors (Lipinski definition) is 2. The second kappa shape index (κ2) is 5.64. The highest BCUT2D eigenvalue weighted by atomic mass is 16.5. The molecule has 2 aromatic rings. The Morgan fingerprint density at radius 1 is 1.38 bits per heavy atom. The minimum Gasteiger partial charge on any atom is -0.489 e. The second-order valence-electron chi connectivity index (χ2n) is 5.72. The second-order valence-corrected chi connectivity index (χ2v) is 5.72. The third-order valence-electron chi connectivity index (χ3n) is 4.23. The summed E-state index contributed by atoms with van der Waals surface area (Å²) in [6, 6.07) is 6.47. The number of amides is 2. The third-order valence-corrected chi connectivity index (χ3v) is 4.23. The van der Waals surface area contributed by atoms with Crippen LogP contribution in [0.15, 0.2) is 24.3 Å². The Morgan fingerprint density at radius 2 is 2.21 bits per heavy atom. The number of carbonyl (C=O) groups excluding carboxylic acids is 2. The molecule has 2 aliphatic heterocycles. The Labute approximate surface area is 137 Å². The Bertz CT molecular complexity index is 816. The molecular formula is C16H16N4O4. The first kappa shape index (κ1) is 14.7. The van der Waals surface area contributed by atoms with Crippen LogP contribution in [0.4, 0.5) is 5.69 Å². The Morgan fingerprint density at radius 3 is 3.08 bits per heavy atom. The maximum absolute atomic E-state index is 12.6. The van der Waals surface area contributed by atoms with E-state index in [0.29, 0.717) is 24.7 Å². The van der Waals surface area contributed by atoms with Gasteiger partial charge < -0.3 is 19.7 Å². The lowest BCUT2D eigenvalue weighted by molar-refractivity contribution is -0.120. The normalized spacial score (nSPS) is 19.3. The largest absolute Gasteiger partial charge is 0.489 e. The predicted molar refractivity (Wildman–Crippen MR) is 83.7 cm³/mol. The van der Waals surface area contributed by atoms with Crippen molar-refractivity contribution in [3.8, 4) is 5.75 Å². The molecule has 3 heterocycles. The summed E-state index contributed by atoms with van der Waals surface area (Å²) in [4.78, 5) is 26.6. The van der Waals surface area contributed by atoms with E-state index in [1.165, 1.54) is 4.90 Å². The highest BCUT2D eigenvalue weighted by Crippen LogP contribution is 2.30. The van der Waals surface area contributed by atoms with Gasteiger partial charge in [-0.05, 0) is 12.1 Å². The summed E-state index contributed by atoms with van der Waals surface area (Å²) in [5.74, 6) is -0.0461. The fraction of sp³-hybridized carbons (Fsp3) is 0.312. The first-order valence-corrected chi connectivity index (χ1v) is 7.59. The minimum atomic E-state index is -0.787. The molecule has 8 heteroatoms. The number of nitrogens with zero attached hydrogens (tertiary/aromatic N) is 2. The maximum atomic E-state index is 12.6. The van der Waals surface area contributed by atoms with Gasteiger partial charge in [0, 0.05) is 12.6 Å². The van der Waals surface area contributed by atoms with E-state index in [9.17, 15) is 9.59 Å². The minimum absolute atomic E-state index is 0.0645. The van der Waals surface area contributed by atoms with Gasteiger partial charge in [-0.1, -0.05) is 12.1 Å². The van der Waals surface area contributed by atoms with Gasteiger partial charge in [0.15, 0.2) is 5.69 Å². The molecule has 0 fully saturated rings. The number of ether oxygens (including phenoxy) is 2. The molecule has 124 valence electrons. The lowest BCUT2D eigenvalue weighted by atomic mass is 10.2. The molecule has 2 aliphatic rings. The van der Waals surface area contributed by atoms with E-state index >= 15 is 0 Å². The van der Waals surface area contributed by atoms with E-state index < -0.39 is 11.9 Å². The van der Waals surface area contributed by atoms with Crippen LogP contribution in [-0.2, 0) is 22.7 Å². The van der Waals surface area contributed by atoms with Crippen LogP contribution in [-0.4, -0.2) is 41.7 Å². The van der Waals surface area contributed by atoms with Crippen molar-refractivity contribution >= 4 is 17.5 Å². The SMILES string of the molecule is CN1C(=O)[C@@H](NC(=O)c2n[nH]c3c2COC3)COc2ccccc21. The predicted octanol–water partition coefficient (Wildman–Crippen LogP) is 0.594. The monoisotopic (exact) mass is 328 g/mol. The number of aromatic amines is 1. The fourth-order valence-electron chi connectivity index (χ4n) is 2.90. The highest BCUT2D eigenvalue weighted by molar-refractivity contribution is 6.03. The van der Waals surface area contributed by atoms with Crippen LogP contribution in [0.5, 0.6) is 5.75 Å². The molecule has 0 bridgehead atoms. The van der Waals surface area contributed by atoms with Crippen LogP contribution in [0.1, 0.15) is 21.7 Å². The van der Waals surface area contributed by atoms with Crippen molar-refractivity contribution < 1.29 is 19.1 Å². The molecule has 4 rings (SSSR count). The number of nitrogens with one attached hydrogen (secondary N) is 2. The maximum Gasteiger partial charge on any atom is 0.272 e. The number of anilines is 1. The number of carbonyl (C=O) groups is 2. The van der Waals surface area contributed by atoms with Crippen LogP contribution in [0, 0.1) is 0 Å².